The molecular formula is C28H40F2N8O. The lowest BCUT2D eigenvalue weighted by Crippen LogP contribution is -2.49. The molecule has 0 spiro atoms. The fourth-order valence-corrected chi connectivity index (χ4v) is 6.06. The zero-order chi connectivity index (χ0) is 27.7. The second kappa shape index (κ2) is 11.5. The van der Waals surface area contributed by atoms with Gasteiger partial charge in [0, 0.05) is 82.0 Å². The normalized spacial score (nSPS) is 20.9. The number of nitrogens with zero attached hydrogens (tertiary/aromatic N) is 4. The second-order valence-electron chi connectivity index (χ2n) is 10.9. The van der Waals surface area contributed by atoms with Crippen molar-refractivity contribution in [3.8, 4) is 0 Å². The lowest BCUT2D eigenvalue weighted by molar-refractivity contribution is 0.118. The third kappa shape index (κ3) is 5.60. The molecule has 11 heteroatoms. The van der Waals surface area contributed by atoms with Crippen molar-refractivity contribution in [2.24, 2.45) is 0 Å². The Kier molecular flexibility index (Phi) is 8.08. The van der Waals surface area contributed by atoms with Gasteiger partial charge in [0.25, 0.3) is 6.43 Å². The summed E-state index contributed by atoms with van der Waals surface area (Å²) in [6, 6.07) is 3.65. The Hall–Kier alpha value is -3.18. The number of piperidine rings is 1. The van der Waals surface area contributed by atoms with Crippen molar-refractivity contribution in [1.82, 2.24) is 30.9 Å². The molecule has 2 amide bonds. The number of fused-ring (bicyclic) bond motifs is 1. The minimum absolute atomic E-state index is 0.000986. The molecule has 0 saturated carbocycles. The maximum atomic E-state index is 14.4. The van der Waals surface area contributed by atoms with Crippen molar-refractivity contribution in [2.75, 3.05) is 65.3 Å². The van der Waals surface area contributed by atoms with E-state index >= 15 is 0 Å². The molecule has 0 atom stereocenters. The van der Waals surface area contributed by atoms with Gasteiger partial charge in [0.1, 0.15) is 5.84 Å². The molecule has 212 valence electrons. The van der Waals surface area contributed by atoms with Crippen LogP contribution in [0, 0.1) is 5.41 Å². The van der Waals surface area contributed by atoms with Crippen LogP contribution in [-0.2, 0) is 6.42 Å². The average Bonchev–Trinajstić information content (AvgIpc) is 3.29. The van der Waals surface area contributed by atoms with E-state index in [1.165, 1.54) is 0 Å². The number of amidine groups is 1. The summed E-state index contributed by atoms with van der Waals surface area (Å²) in [6.45, 7) is 3.92. The fourth-order valence-electron chi connectivity index (χ4n) is 6.06. The number of carbonyl (C=O) groups is 1. The first-order chi connectivity index (χ1) is 18.8. The van der Waals surface area contributed by atoms with Crippen LogP contribution in [0.3, 0.4) is 0 Å². The Morgan fingerprint density at radius 2 is 1.90 bits per heavy atom. The molecule has 4 aliphatic heterocycles. The Balaban J connectivity index is 1.50. The van der Waals surface area contributed by atoms with Gasteiger partial charge in [0.2, 0.25) is 0 Å². The maximum absolute atomic E-state index is 14.4. The van der Waals surface area contributed by atoms with Gasteiger partial charge in [-0.05, 0) is 67.6 Å². The summed E-state index contributed by atoms with van der Waals surface area (Å²) < 4.78 is 28.9. The summed E-state index contributed by atoms with van der Waals surface area (Å²) in [7, 11) is 5.45. The number of likely N-dealkylation sites (N-methyl/N-ethyl adjacent to an activating group) is 1. The third-order valence-corrected chi connectivity index (χ3v) is 8.35. The number of benzene rings is 1. The van der Waals surface area contributed by atoms with Gasteiger partial charge in [-0.25, -0.2) is 18.6 Å². The molecule has 4 N–H and O–H groups in total. The Morgan fingerprint density at radius 3 is 2.56 bits per heavy atom. The van der Waals surface area contributed by atoms with Gasteiger partial charge in [0.05, 0.1) is 6.54 Å². The summed E-state index contributed by atoms with van der Waals surface area (Å²) in [6.07, 6.45) is 3.51. The third-order valence-electron chi connectivity index (χ3n) is 8.35. The number of anilines is 1. The number of hydrazine groups is 1. The van der Waals surface area contributed by atoms with Crippen molar-refractivity contribution < 1.29 is 13.6 Å². The number of alkyl halides is 2. The lowest BCUT2D eigenvalue weighted by atomic mass is 9.91. The molecule has 39 heavy (non-hydrogen) atoms. The van der Waals surface area contributed by atoms with Gasteiger partial charge in [-0.3, -0.25) is 5.41 Å². The average molecular weight is 543 g/mol. The van der Waals surface area contributed by atoms with E-state index in [0.29, 0.717) is 49.9 Å². The van der Waals surface area contributed by atoms with E-state index in [-0.39, 0.29) is 17.4 Å². The van der Waals surface area contributed by atoms with E-state index in [4.69, 9.17) is 0 Å². The maximum Gasteiger partial charge on any atom is 0.317 e. The molecule has 1 aromatic rings. The number of nitrogens with one attached hydrogen (secondary N) is 4. The van der Waals surface area contributed by atoms with Crippen LogP contribution in [0.25, 0.3) is 5.57 Å². The van der Waals surface area contributed by atoms with Gasteiger partial charge in [-0.2, -0.15) is 0 Å². The molecule has 4 aliphatic rings. The lowest BCUT2D eigenvalue weighted by Gasteiger charge is -2.38. The fraction of sp³-hybridized carbons (Fsp3) is 0.571. The highest BCUT2D eigenvalue weighted by atomic mass is 19.3. The minimum atomic E-state index is -2.63. The summed E-state index contributed by atoms with van der Waals surface area (Å²) in [4.78, 5) is 16.1. The number of urea groups is 1. The van der Waals surface area contributed by atoms with Gasteiger partial charge in [0.15, 0.2) is 0 Å². The highest BCUT2D eigenvalue weighted by Crippen LogP contribution is 2.39. The molecule has 0 unspecified atom stereocenters. The minimum Gasteiger partial charge on any atom is -0.385 e. The van der Waals surface area contributed by atoms with Crippen LogP contribution in [0.1, 0.15) is 48.8 Å². The van der Waals surface area contributed by atoms with E-state index < -0.39 is 6.43 Å². The molecular weight excluding hydrogens is 502 g/mol. The van der Waals surface area contributed by atoms with Crippen molar-refractivity contribution in [3.63, 3.8) is 0 Å². The van der Waals surface area contributed by atoms with E-state index in [1.807, 2.05) is 41.3 Å². The smallest absolute Gasteiger partial charge is 0.317 e. The highest BCUT2D eigenvalue weighted by molar-refractivity contribution is 6.09. The zero-order valence-electron chi connectivity index (χ0n) is 23.1. The Morgan fingerprint density at radius 1 is 1.13 bits per heavy atom. The molecule has 9 nitrogen and oxygen atoms in total. The van der Waals surface area contributed by atoms with Gasteiger partial charge in [-0.15, -0.1) is 0 Å². The number of amides is 2. The van der Waals surface area contributed by atoms with E-state index in [9.17, 15) is 19.0 Å². The van der Waals surface area contributed by atoms with Crippen LogP contribution >= 0.6 is 0 Å². The van der Waals surface area contributed by atoms with Crippen molar-refractivity contribution >= 4 is 23.1 Å². The number of rotatable bonds is 5. The quantitative estimate of drug-likeness (QED) is 0.338. The van der Waals surface area contributed by atoms with Crippen LogP contribution in [0.2, 0.25) is 0 Å². The predicted octanol–water partition coefficient (Wildman–Crippen LogP) is 3.13. The standard InChI is InChI=1S/C28H40F2N8O/c1-32-28(39)37-12-8-24(34-20-6-9-33-10-7-20)23(17-37)27(31)38-11-4-5-18-13-21(19-15-35(2)36(3)16-19)22(26(29)30)14-25(18)38/h13-15,20,26,31,33-34H,4-12,16-17H2,1-3H3,(H,32,39). The van der Waals surface area contributed by atoms with Crippen LogP contribution in [0.15, 0.2) is 29.6 Å². The number of carbonyl (C=O) groups excluding carboxylic acids is 1. The Labute approximate surface area is 229 Å². The van der Waals surface area contributed by atoms with Gasteiger partial charge in [-0.1, -0.05) is 0 Å². The zero-order valence-corrected chi connectivity index (χ0v) is 23.1. The first-order valence-corrected chi connectivity index (χ1v) is 13.9. The topological polar surface area (TPSA) is 90.0 Å². The van der Waals surface area contributed by atoms with E-state index in [2.05, 4.69) is 16.0 Å². The molecule has 1 fully saturated rings. The van der Waals surface area contributed by atoms with Crippen molar-refractivity contribution in [3.05, 3.63) is 46.3 Å². The summed E-state index contributed by atoms with van der Waals surface area (Å²) >= 11 is 0. The Bertz CT molecular complexity index is 1180. The first-order valence-electron chi connectivity index (χ1n) is 13.9. The first kappa shape index (κ1) is 27.4. The summed E-state index contributed by atoms with van der Waals surface area (Å²) in [5.74, 6) is 0.286. The molecule has 0 radical (unpaired) electrons. The molecule has 0 bridgehead atoms. The predicted molar refractivity (Wildman–Crippen MR) is 150 cm³/mol. The van der Waals surface area contributed by atoms with Crippen LogP contribution in [-0.4, -0.2) is 93.2 Å². The van der Waals surface area contributed by atoms with Gasteiger partial charge < -0.3 is 30.8 Å². The van der Waals surface area contributed by atoms with Crippen LogP contribution in [0.4, 0.5) is 19.3 Å². The van der Waals surface area contributed by atoms with Crippen LogP contribution < -0.4 is 20.9 Å². The summed E-state index contributed by atoms with van der Waals surface area (Å²) in [5, 5.41) is 23.0. The number of hydrogen-bond acceptors (Lipinski definition) is 6. The van der Waals surface area contributed by atoms with Crippen LogP contribution in [0.5, 0.6) is 0 Å². The largest absolute Gasteiger partial charge is 0.385 e. The second-order valence-corrected chi connectivity index (χ2v) is 10.9. The highest BCUT2D eigenvalue weighted by Gasteiger charge is 2.32. The number of hydrogen-bond donors (Lipinski definition) is 4. The van der Waals surface area contributed by atoms with Crippen molar-refractivity contribution in [1.29, 1.82) is 5.41 Å². The van der Waals surface area contributed by atoms with E-state index in [1.54, 1.807) is 18.0 Å². The number of aryl methyl sites for hydroxylation is 1. The van der Waals surface area contributed by atoms with Crippen molar-refractivity contribution in [2.45, 2.75) is 44.6 Å². The molecule has 5 rings (SSSR count). The molecule has 1 saturated heterocycles. The van der Waals surface area contributed by atoms with Gasteiger partial charge >= 0.3 is 6.03 Å². The van der Waals surface area contributed by atoms with E-state index in [0.717, 1.165) is 61.2 Å². The molecule has 4 heterocycles. The SMILES string of the molecule is CNC(=O)N1CCC(NC2CCNCC2)=C(C(=N)N2CCCc3cc(C4=CN(C)N(C)C4)c(C(F)F)cc32)C1. The summed E-state index contributed by atoms with van der Waals surface area (Å²) in [5.41, 5.74) is 4.88. The molecule has 0 aromatic heterocycles. The monoisotopic (exact) mass is 542 g/mol. The molecule has 0 aliphatic carbocycles. The number of halogens is 2. The molecule has 1 aromatic carbocycles.